The molecule has 2 aromatic rings. The Morgan fingerprint density at radius 2 is 2.17 bits per heavy atom. The smallest absolute Gasteiger partial charge is 0.170 e. The van der Waals surface area contributed by atoms with Crippen LogP contribution in [-0.2, 0) is 6.54 Å². The second-order valence-electron chi connectivity index (χ2n) is 4.26. The molecule has 0 saturated heterocycles. The first-order chi connectivity index (χ1) is 8.74. The zero-order valence-corrected chi connectivity index (χ0v) is 11.0. The number of halogens is 2. The second-order valence-corrected chi connectivity index (χ2v) is 5.10. The largest absolute Gasteiger partial charge is 0.307 e. The van der Waals surface area contributed by atoms with E-state index in [-0.39, 0.29) is 0 Å². The minimum Gasteiger partial charge on any atom is -0.307 e. The van der Waals surface area contributed by atoms with Crippen molar-refractivity contribution in [3.63, 3.8) is 0 Å². The molecule has 0 unspecified atom stereocenters. The summed E-state index contributed by atoms with van der Waals surface area (Å²) in [6, 6.07) is 5.82. The molecule has 1 aliphatic rings. The van der Waals surface area contributed by atoms with E-state index in [0.717, 1.165) is 5.82 Å². The molecule has 0 atom stereocenters. The van der Waals surface area contributed by atoms with Gasteiger partial charge in [-0.3, -0.25) is 0 Å². The van der Waals surface area contributed by atoms with Crippen molar-refractivity contribution in [2.45, 2.75) is 25.4 Å². The Balaban J connectivity index is 1.90. The Bertz CT molecular complexity index is 564. The van der Waals surface area contributed by atoms with Crippen LogP contribution in [0.3, 0.4) is 0 Å². The number of nitrogens with one attached hydrogen (secondary N) is 1. The Morgan fingerprint density at radius 3 is 2.94 bits per heavy atom. The van der Waals surface area contributed by atoms with Gasteiger partial charge in [-0.05, 0) is 41.5 Å². The van der Waals surface area contributed by atoms with Crippen LogP contribution >= 0.6 is 23.2 Å². The molecule has 1 N–H and O–H groups in total. The van der Waals surface area contributed by atoms with E-state index in [1.165, 1.54) is 12.8 Å². The van der Waals surface area contributed by atoms with Crippen LogP contribution in [-0.4, -0.2) is 26.2 Å². The third kappa shape index (κ3) is 2.48. The maximum absolute atomic E-state index is 6.14. The number of rotatable bonds is 4. The normalized spacial score (nSPS) is 15.0. The second kappa shape index (κ2) is 4.84. The van der Waals surface area contributed by atoms with Crippen LogP contribution in [0.4, 0.5) is 0 Å². The van der Waals surface area contributed by atoms with Gasteiger partial charge in [0.25, 0.3) is 0 Å². The number of benzene rings is 1. The summed E-state index contributed by atoms with van der Waals surface area (Å²) in [6.45, 7) is 0.626. The first-order valence-corrected chi connectivity index (χ1v) is 6.46. The third-order valence-corrected chi connectivity index (χ3v) is 3.35. The Morgan fingerprint density at radius 1 is 1.33 bits per heavy atom. The fourth-order valence-corrected chi connectivity index (χ4v) is 2.04. The number of hydrogen-bond donors (Lipinski definition) is 1. The molecule has 1 aliphatic carbocycles. The highest BCUT2D eigenvalue weighted by molar-refractivity contribution is 6.34. The number of hydrogen-bond acceptors (Lipinski definition) is 4. The number of tetrazole rings is 1. The van der Waals surface area contributed by atoms with E-state index >= 15 is 0 Å². The van der Waals surface area contributed by atoms with Crippen molar-refractivity contribution < 1.29 is 0 Å². The van der Waals surface area contributed by atoms with Crippen LogP contribution in [0.1, 0.15) is 18.7 Å². The molecule has 0 radical (unpaired) electrons. The van der Waals surface area contributed by atoms with Crippen molar-refractivity contribution >= 4 is 23.2 Å². The van der Waals surface area contributed by atoms with Gasteiger partial charge in [0.05, 0.1) is 17.3 Å². The maximum atomic E-state index is 6.14. The monoisotopic (exact) mass is 283 g/mol. The molecule has 1 aromatic carbocycles. The van der Waals surface area contributed by atoms with Crippen LogP contribution in [0.5, 0.6) is 0 Å². The molecule has 5 nitrogen and oxygen atoms in total. The van der Waals surface area contributed by atoms with Gasteiger partial charge >= 0.3 is 0 Å². The summed E-state index contributed by atoms with van der Waals surface area (Å²) in [6.07, 6.45) is 2.44. The Hall–Kier alpha value is -1.17. The van der Waals surface area contributed by atoms with Crippen molar-refractivity contribution in [3.8, 4) is 5.69 Å². The van der Waals surface area contributed by atoms with Gasteiger partial charge in [0, 0.05) is 11.1 Å². The van der Waals surface area contributed by atoms with Crippen molar-refractivity contribution in [2.24, 2.45) is 0 Å². The molecule has 7 heteroatoms. The molecular weight excluding hydrogens is 273 g/mol. The Kier molecular flexibility index (Phi) is 3.20. The summed E-state index contributed by atoms with van der Waals surface area (Å²) in [5.41, 5.74) is 0.696. The summed E-state index contributed by atoms with van der Waals surface area (Å²) in [7, 11) is 0. The van der Waals surface area contributed by atoms with Gasteiger partial charge < -0.3 is 5.32 Å². The van der Waals surface area contributed by atoms with E-state index in [2.05, 4.69) is 20.8 Å². The molecule has 1 fully saturated rings. The van der Waals surface area contributed by atoms with Gasteiger partial charge in [0.1, 0.15) is 0 Å². The van der Waals surface area contributed by atoms with E-state index in [1.54, 1.807) is 22.9 Å². The van der Waals surface area contributed by atoms with Crippen LogP contribution in [0.25, 0.3) is 5.69 Å². The summed E-state index contributed by atoms with van der Waals surface area (Å²) in [4.78, 5) is 0. The highest BCUT2D eigenvalue weighted by Gasteiger charge is 2.21. The van der Waals surface area contributed by atoms with E-state index < -0.39 is 0 Å². The standard InChI is InChI=1S/C11H11Cl2N5/c12-7-1-4-9(13)10(5-7)18-11(15-16-17-18)6-14-8-2-3-8/h1,4-5,8,14H,2-3,6H2. The Labute approximate surface area is 114 Å². The zero-order chi connectivity index (χ0) is 12.5. The summed E-state index contributed by atoms with van der Waals surface area (Å²) >= 11 is 12.1. The van der Waals surface area contributed by atoms with E-state index in [4.69, 9.17) is 23.2 Å². The van der Waals surface area contributed by atoms with Gasteiger partial charge in [-0.15, -0.1) is 5.10 Å². The van der Waals surface area contributed by atoms with E-state index in [0.29, 0.717) is 28.3 Å². The highest BCUT2D eigenvalue weighted by atomic mass is 35.5. The van der Waals surface area contributed by atoms with Gasteiger partial charge in [-0.2, -0.15) is 4.68 Å². The lowest BCUT2D eigenvalue weighted by Gasteiger charge is -2.07. The van der Waals surface area contributed by atoms with Crippen molar-refractivity contribution in [1.82, 2.24) is 25.5 Å². The van der Waals surface area contributed by atoms with Crippen molar-refractivity contribution in [2.75, 3.05) is 0 Å². The molecule has 0 aliphatic heterocycles. The van der Waals surface area contributed by atoms with Crippen LogP contribution in [0, 0.1) is 0 Å². The SMILES string of the molecule is Clc1ccc(Cl)c(-n2nnnc2CNC2CC2)c1. The van der Waals surface area contributed by atoms with Crippen molar-refractivity contribution in [3.05, 3.63) is 34.1 Å². The van der Waals surface area contributed by atoms with Crippen LogP contribution in [0.2, 0.25) is 10.0 Å². The van der Waals surface area contributed by atoms with Gasteiger partial charge in [-0.1, -0.05) is 23.2 Å². The quantitative estimate of drug-likeness (QED) is 0.935. The summed E-state index contributed by atoms with van der Waals surface area (Å²) in [5, 5.41) is 16.2. The molecule has 0 amide bonds. The molecule has 1 heterocycles. The average molecular weight is 284 g/mol. The average Bonchev–Trinajstić information content (AvgIpc) is 3.08. The first-order valence-electron chi connectivity index (χ1n) is 5.70. The van der Waals surface area contributed by atoms with E-state index in [1.807, 2.05) is 0 Å². The topological polar surface area (TPSA) is 55.6 Å². The predicted octanol–water partition coefficient (Wildman–Crippen LogP) is 2.22. The lowest BCUT2D eigenvalue weighted by molar-refractivity contribution is 0.638. The lowest BCUT2D eigenvalue weighted by atomic mass is 10.3. The molecule has 0 bridgehead atoms. The fourth-order valence-electron chi connectivity index (χ4n) is 1.67. The molecule has 3 rings (SSSR count). The zero-order valence-electron chi connectivity index (χ0n) is 9.48. The maximum Gasteiger partial charge on any atom is 0.170 e. The summed E-state index contributed by atoms with van der Waals surface area (Å²) in [5.74, 6) is 0.728. The number of nitrogens with zero attached hydrogens (tertiary/aromatic N) is 4. The highest BCUT2D eigenvalue weighted by Crippen LogP contribution is 2.24. The minimum atomic E-state index is 0.569. The fraction of sp³-hybridized carbons (Fsp3) is 0.364. The van der Waals surface area contributed by atoms with E-state index in [9.17, 15) is 0 Å². The predicted molar refractivity (Wildman–Crippen MR) is 69.0 cm³/mol. The summed E-state index contributed by atoms with van der Waals surface area (Å²) < 4.78 is 1.61. The molecule has 0 spiro atoms. The lowest BCUT2D eigenvalue weighted by Crippen LogP contribution is -2.19. The molecule has 1 saturated carbocycles. The minimum absolute atomic E-state index is 0.569. The van der Waals surface area contributed by atoms with Crippen LogP contribution in [0.15, 0.2) is 18.2 Å². The van der Waals surface area contributed by atoms with Gasteiger partial charge in [-0.25, -0.2) is 0 Å². The molecule has 1 aromatic heterocycles. The number of aromatic nitrogens is 4. The first kappa shape index (κ1) is 11.9. The van der Waals surface area contributed by atoms with Crippen molar-refractivity contribution in [1.29, 1.82) is 0 Å². The molecule has 18 heavy (non-hydrogen) atoms. The van der Waals surface area contributed by atoms with Gasteiger partial charge in [0.2, 0.25) is 0 Å². The molecule has 94 valence electrons. The third-order valence-electron chi connectivity index (χ3n) is 2.80. The van der Waals surface area contributed by atoms with Gasteiger partial charge in [0.15, 0.2) is 5.82 Å². The van der Waals surface area contributed by atoms with Crippen LogP contribution < -0.4 is 5.32 Å². The molecular formula is C11H11Cl2N5.